The molecule has 4 rings (SSSR count). The number of phenolic OH excluding ortho intramolecular Hbond substituents is 1. The Labute approximate surface area is 164 Å². The smallest absolute Gasteiger partial charge is 0.143 e. The molecule has 0 bridgehead atoms. The van der Waals surface area contributed by atoms with Crippen LogP contribution in [-0.2, 0) is 6.54 Å². The largest absolute Gasteiger partial charge is 0.507 e. The molecule has 0 radical (unpaired) electrons. The fourth-order valence-corrected chi connectivity index (χ4v) is 3.72. The highest BCUT2D eigenvalue weighted by Crippen LogP contribution is 2.40. The number of nitrogens with zero attached hydrogens (tertiary/aromatic N) is 1. The number of benzene rings is 2. The van der Waals surface area contributed by atoms with Crippen LogP contribution in [0.1, 0.15) is 43.9 Å². The lowest BCUT2D eigenvalue weighted by atomic mass is 9.96. The van der Waals surface area contributed by atoms with E-state index in [4.69, 9.17) is 16.3 Å². The molecule has 1 aliphatic rings. The number of hydrogen-bond donors (Lipinski definition) is 1. The second kappa shape index (κ2) is 7.69. The number of aromatic hydroxyl groups is 1. The van der Waals surface area contributed by atoms with Crippen molar-refractivity contribution in [1.82, 2.24) is 4.57 Å². The average molecular weight is 382 g/mol. The van der Waals surface area contributed by atoms with Gasteiger partial charge in [-0.05, 0) is 54.7 Å². The lowest BCUT2D eigenvalue weighted by Crippen LogP contribution is -2.08. The fourth-order valence-electron chi connectivity index (χ4n) is 3.52. The molecule has 0 aliphatic heterocycles. The molecule has 1 N–H and O–H groups in total. The van der Waals surface area contributed by atoms with E-state index in [1.165, 1.54) is 5.57 Å². The molecular weight excluding hydrogens is 358 g/mol. The Morgan fingerprint density at radius 1 is 1.19 bits per heavy atom. The van der Waals surface area contributed by atoms with E-state index in [0.717, 1.165) is 58.6 Å². The first-order valence-corrected chi connectivity index (χ1v) is 9.97. The zero-order valence-corrected chi connectivity index (χ0v) is 16.3. The molecule has 2 aromatic carbocycles. The van der Waals surface area contributed by atoms with Crippen LogP contribution in [0.5, 0.6) is 11.5 Å². The van der Waals surface area contributed by atoms with E-state index in [9.17, 15) is 5.11 Å². The summed E-state index contributed by atoms with van der Waals surface area (Å²) in [5.41, 5.74) is 4.45. The van der Waals surface area contributed by atoms with Crippen LogP contribution in [-0.4, -0.2) is 16.3 Å². The quantitative estimate of drug-likeness (QED) is 0.480. The van der Waals surface area contributed by atoms with Gasteiger partial charge in [0, 0.05) is 22.6 Å². The Bertz CT molecular complexity index is 1000. The predicted octanol–water partition coefficient (Wildman–Crippen LogP) is 6.40. The normalized spacial score (nSPS) is 13.5. The Balaban J connectivity index is 1.87. The van der Waals surface area contributed by atoms with E-state index in [1.54, 1.807) is 6.07 Å². The van der Waals surface area contributed by atoms with Crippen LogP contribution in [0.25, 0.3) is 16.5 Å². The van der Waals surface area contributed by atoms with Gasteiger partial charge in [0.05, 0.1) is 12.1 Å². The highest BCUT2D eigenvalue weighted by Gasteiger charge is 2.21. The van der Waals surface area contributed by atoms with Crippen LogP contribution < -0.4 is 4.74 Å². The molecule has 0 fully saturated rings. The molecule has 0 saturated carbocycles. The van der Waals surface area contributed by atoms with E-state index in [1.807, 2.05) is 30.3 Å². The number of phenols is 1. The maximum absolute atomic E-state index is 10.5. The molecule has 0 unspecified atom stereocenters. The third-order valence-electron chi connectivity index (χ3n) is 5.17. The summed E-state index contributed by atoms with van der Waals surface area (Å²) >= 11 is 6.44. The van der Waals surface area contributed by atoms with E-state index in [2.05, 4.69) is 23.6 Å². The van der Waals surface area contributed by atoms with Crippen molar-refractivity contribution < 1.29 is 9.84 Å². The van der Waals surface area contributed by atoms with Gasteiger partial charge in [0.25, 0.3) is 0 Å². The number of aromatic nitrogens is 1. The molecular formula is C23H24ClNO2. The van der Waals surface area contributed by atoms with E-state index >= 15 is 0 Å². The molecule has 0 amide bonds. The van der Waals surface area contributed by atoms with Gasteiger partial charge in [0.1, 0.15) is 11.5 Å². The van der Waals surface area contributed by atoms with Crippen molar-refractivity contribution in [3.63, 3.8) is 0 Å². The SMILES string of the molecule is CCCCOc1ccc(O)c2cc(C3=CCC3)n(Cc3ccccc3Cl)c12. The Morgan fingerprint density at radius 2 is 2.00 bits per heavy atom. The van der Waals surface area contributed by atoms with Crippen molar-refractivity contribution in [3.8, 4) is 11.5 Å². The van der Waals surface area contributed by atoms with Gasteiger partial charge in [-0.15, -0.1) is 0 Å². The molecule has 1 aliphatic carbocycles. The van der Waals surface area contributed by atoms with Gasteiger partial charge in [-0.2, -0.15) is 0 Å². The second-order valence-corrected chi connectivity index (χ2v) is 7.43. The minimum atomic E-state index is 0.284. The van der Waals surface area contributed by atoms with Gasteiger partial charge in [-0.3, -0.25) is 0 Å². The minimum Gasteiger partial charge on any atom is -0.507 e. The number of unbranched alkanes of at least 4 members (excludes halogenated alkanes) is 1. The summed E-state index contributed by atoms with van der Waals surface area (Å²) in [6.07, 6.45) is 6.51. The minimum absolute atomic E-state index is 0.284. The van der Waals surface area contributed by atoms with Gasteiger partial charge in [-0.25, -0.2) is 0 Å². The van der Waals surface area contributed by atoms with Crippen molar-refractivity contribution in [1.29, 1.82) is 0 Å². The van der Waals surface area contributed by atoms with Gasteiger partial charge >= 0.3 is 0 Å². The second-order valence-electron chi connectivity index (χ2n) is 7.02. The number of halogens is 1. The molecule has 27 heavy (non-hydrogen) atoms. The molecule has 140 valence electrons. The molecule has 0 saturated heterocycles. The highest BCUT2D eigenvalue weighted by molar-refractivity contribution is 6.31. The van der Waals surface area contributed by atoms with Crippen molar-refractivity contribution >= 4 is 28.1 Å². The van der Waals surface area contributed by atoms with Gasteiger partial charge < -0.3 is 14.4 Å². The third-order valence-corrected chi connectivity index (χ3v) is 5.54. The van der Waals surface area contributed by atoms with Crippen LogP contribution in [0.3, 0.4) is 0 Å². The maximum atomic E-state index is 10.5. The number of hydrogen-bond acceptors (Lipinski definition) is 2. The first-order chi connectivity index (χ1) is 13.2. The lowest BCUT2D eigenvalue weighted by molar-refractivity contribution is 0.311. The molecule has 3 nitrogen and oxygen atoms in total. The average Bonchev–Trinajstić information content (AvgIpc) is 2.98. The first-order valence-electron chi connectivity index (χ1n) is 9.60. The number of rotatable bonds is 7. The Kier molecular flexibility index (Phi) is 5.13. The summed E-state index contributed by atoms with van der Waals surface area (Å²) in [6.45, 7) is 3.46. The summed E-state index contributed by atoms with van der Waals surface area (Å²) in [4.78, 5) is 0. The van der Waals surface area contributed by atoms with E-state index < -0.39 is 0 Å². The van der Waals surface area contributed by atoms with Gasteiger partial charge in [-0.1, -0.05) is 49.2 Å². The summed E-state index contributed by atoms with van der Waals surface area (Å²) in [6, 6.07) is 13.6. The van der Waals surface area contributed by atoms with Crippen LogP contribution in [0.2, 0.25) is 5.02 Å². The van der Waals surface area contributed by atoms with E-state index in [-0.39, 0.29) is 5.75 Å². The monoisotopic (exact) mass is 381 g/mol. The molecule has 1 heterocycles. The topological polar surface area (TPSA) is 34.4 Å². The summed E-state index contributed by atoms with van der Waals surface area (Å²) < 4.78 is 8.32. The Morgan fingerprint density at radius 3 is 2.70 bits per heavy atom. The summed E-state index contributed by atoms with van der Waals surface area (Å²) in [5, 5.41) is 12.1. The molecule has 3 aromatic rings. The van der Waals surface area contributed by atoms with E-state index in [0.29, 0.717) is 13.2 Å². The first kappa shape index (κ1) is 18.0. The standard InChI is InChI=1S/C23H24ClNO2/c1-2-3-13-27-22-12-11-21(26)18-14-20(16-8-6-9-16)25(23(18)22)15-17-7-4-5-10-19(17)24/h4-5,7-8,10-12,14,26H,2-3,6,9,13,15H2,1H3. The number of ether oxygens (including phenoxy) is 1. The molecule has 0 atom stereocenters. The highest BCUT2D eigenvalue weighted by atomic mass is 35.5. The zero-order chi connectivity index (χ0) is 18.8. The van der Waals surface area contributed by atoms with Crippen molar-refractivity contribution in [2.45, 2.75) is 39.2 Å². The Hall–Kier alpha value is -2.39. The predicted molar refractivity (Wildman–Crippen MR) is 112 cm³/mol. The lowest BCUT2D eigenvalue weighted by Gasteiger charge is -2.19. The van der Waals surface area contributed by atoms with Gasteiger partial charge in [0.2, 0.25) is 0 Å². The van der Waals surface area contributed by atoms with Crippen molar-refractivity contribution in [2.75, 3.05) is 6.61 Å². The van der Waals surface area contributed by atoms with Crippen LogP contribution in [0.4, 0.5) is 0 Å². The fraction of sp³-hybridized carbons (Fsp3) is 0.304. The zero-order valence-electron chi connectivity index (χ0n) is 15.5. The molecule has 0 spiro atoms. The maximum Gasteiger partial charge on any atom is 0.143 e. The van der Waals surface area contributed by atoms with Crippen LogP contribution in [0.15, 0.2) is 48.5 Å². The van der Waals surface area contributed by atoms with Gasteiger partial charge in [0.15, 0.2) is 0 Å². The van der Waals surface area contributed by atoms with Crippen molar-refractivity contribution in [2.24, 2.45) is 0 Å². The summed E-state index contributed by atoms with van der Waals surface area (Å²) in [5.74, 6) is 1.10. The number of allylic oxidation sites excluding steroid dienone is 2. The summed E-state index contributed by atoms with van der Waals surface area (Å²) in [7, 11) is 0. The third kappa shape index (κ3) is 3.44. The number of fused-ring (bicyclic) bond motifs is 1. The molecule has 4 heteroatoms. The van der Waals surface area contributed by atoms with Crippen LogP contribution in [0, 0.1) is 0 Å². The van der Waals surface area contributed by atoms with Crippen LogP contribution >= 0.6 is 11.6 Å². The molecule has 1 aromatic heterocycles. The van der Waals surface area contributed by atoms with Crippen molar-refractivity contribution in [3.05, 3.63) is 64.8 Å².